The third-order valence-corrected chi connectivity index (χ3v) is 5.70. The fourth-order valence-corrected chi connectivity index (χ4v) is 4.17. The van der Waals surface area contributed by atoms with Crippen molar-refractivity contribution in [2.24, 2.45) is 0 Å². The van der Waals surface area contributed by atoms with Crippen LogP contribution in [-0.2, 0) is 10.0 Å². The van der Waals surface area contributed by atoms with Crippen LogP contribution >= 0.6 is 0 Å². The Morgan fingerprint density at radius 2 is 2.00 bits per heavy atom. The van der Waals surface area contributed by atoms with E-state index < -0.39 is 10.0 Å². The van der Waals surface area contributed by atoms with E-state index in [9.17, 15) is 8.42 Å². The summed E-state index contributed by atoms with van der Waals surface area (Å²) in [5, 5.41) is 0. The first kappa shape index (κ1) is 16.7. The predicted octanol–water partition coefficient (Wildman–Crippen LogP) is 1.72. The Morgan fingerprint density at radius 1 is 1.21 bits per heavy atom. The lowest BCUT2D eigenvalue weighted by molar-refractivity contribution is 0.119. The van der Waals surface area contributed by atoms with E-state index in [0.29, 0.717) is 12.3 Å². The lowest BCUT2D eigenvalue weighted by Crippen LogP contribution is -2.44. The molecule has 7 nitrogen and oxygen atoms in total. The van der Waals surface area contributed by atoms with Crippen LogP contribution in [-0.4, -0.2) is 49.0 Å². The van der Waals surface area contributed by atoms with Crippen molar-refractivity contribution < 1.29 is 17.9 Å². The molecule has 24 heavy (non-hydrogen) atoms. The quantitative estimate of drug-likeness (QED) is 0.817. The van der Waals surface area contributed by atoms with Gasteiger partial charge in [-0.15, -0.1) is 0 Å². The molecular formula is C16H19N3O4S. The molecule has 1 aromatic heterocycles. The SMILES string of the molecule is COc1cccc(S(=O)(=O)N2CCCC(Oc3ncccn3)C2)c1. The van der Waals surface area contributed by atoms with Crippen LogP contribution in [0.3, 0.4) is 0 Å². The molecular weight excluding hydrogens is 330 g/mol. The molecule has 128 valence electrons. The summed E-state index contributed by atoms with van der Waals surface area (Å²) in [5.74, 6) is 0.513. The number of nitrogens with zero attached hydrogens (tertiary/aromatic N) is 3. The lowest BCUT2D eigenvalue weighted by atomic mass is 10.1. The van der Waals surface area contributed by atoms with Gasteiger partial charge in [0.15, 0.2) is 0 Å². The second-order valence-electron chi connectivity index (χ2n) is 5.46. The molecule has 1 fully saturated rings. The maximum atomic E-state index is 12.8. The molecule has 1 atom stereocenters. The molecule has 2 aromatic rings. The van der Waals surface area contributed by atoms with Crippen molar-refractivity contribution in [1.82, 2.24) is 14.3 Å². The molecule has 1 aliphatic rings. The van der Waals surface area contributed by atoms with Crippen LogP contribution in [0.25, 0.3) is 0 Å². The highest BCUT2D eigenvalue weighted by Crippen LogP contribution is 2.24. The van der Waals surface area contributed by atoms with Crippen molar-refractivity contribution in [2.45, 2.75) is 23.8 Å². The minimum atomic E-state index is -3.59. The van der Waals surface area contributed by atoms with E-state index in [1.807, 2.05) is 0 Å². The second-order valence-corrected chi connectivity index (χ2v) is 7.39. The number of sulfonamides is 1. The minimum absolute atomic E-state index is 0.221. The largest absolute Gasteiger partial charge is 0.497 e. The van der Waals surface area contributed by atoms with Gasteiger partial charge in [0.25, 0.3) is 0 Å². The molecule has 0 amide bonds. The Labute approximate surface area is 141 Å². The topological polar surface area (TPSA) is 81.6 Å². The molecule has 1 aromatic carbocycles. The molecule has 8 heteroatoms. The van der Waals surface area contributed by atoms with Gasteiger partial charge in [0, 0.05) is 25.0 Å². The second kappa shape index (κ2) is 7.14. The average Bonchev–Trinajstić information content (AvgIpc) is 2.63. The number of rotatable bonds is 5. The minimum Gasteiger partial charge on any atom is -0.497 e. The summed E-state index contributed by atoms with van der Waals surface area (Å²) in [7, 11) is -2.08. The Hall–Kier alpha value is -2.19. The molecule has 1 unspecified atom stereocenters. The summed E-state index contributed by atoms with van der Waals surface area (Å²) >= 11 is 0. The molecule has 0 spiro atoms. The molecule has 0 radical (unpaired) electrons. The molecule has 0 saturated carbocycles. The highest BCUT2D eigenvalue weighted by molar-refractivity contribution is 7.89. The molecule has 2 heterocycles. The number of ether oxygens (including phenoxy) is 2. The van der Waals surface area contributed by atoms with Gasteiger partial charge in [-0.1, -0.05) is 6.07 Å². The van der Waals surface area contributed by atoms with Gasteiger partial charge in [-0.3, -0.25) is 0 Å². The van der Waals surface area contributed by atoms with Crippen LogP contribution in [0.5, 0.6) is 11.8 Å². The summed E-state index contributed by atoms with van der Waals surface area (Å²) in [4.78, 5) is 8.27. The van der Waals surface area contributed by atoms with E-state index in [1.54, 1.807) is 36.7 Å². The van der Waals surface area contributed by atoms with Gasteiger partial charge in [0.1, 0.15) is 11.9 Å². The van der Waals surface area contributed by atoms with Crippen LogP contribution in [0, 0.1) is 0 Å². The molecule has 1 aliphatic heterocycles. The zero-order valence-corrected chi connectivity index (χ0v) is 14.1. The number of hydrogen-bond acceptors (Lipinski definition) is 6. The number of benzene rings is 1. The van der Waals surface area contributed by atoms with Gasteiger partial charge in [-0.25, -0.2) is 18.4 Å². The summed E-state index contributed by atoms with van der Waals surface area (Å²) in [6.07, 6.45) is 4.41. The van der Waals surface area contributed by atoms with Crippen molar-refractivity contribution in [2.75, 3.05) is 20.2 Å². The number of methoxy groups -OCH3 is 1. The molecule has 0 N–H and O–H groups in total. The van der Waals surface area contributed by atoms with Gasteiger partial charge >= 0.3 is 6.01 Å². The first-order valence-electron chi connectivity index (χ1n) is 7.67. The van der Waals surface area contributed by atoms with Crippen LogP contribution in [0.4, 0.5) is 0 Å². The van der Waals surface area contributed by atoms with Crippen LogP contribution < -0.4 is 9.47 Å². The normalized spacial score (nSPS) is 19.0. The molecule has 3 rings (SSSR count). The number of aromatic nitrogens is 2. The monoisotopic (exact) mass is 349 g/mol. The summed E-state index contributed by atoms with van der Waals surface area (Å²) < 4.78 is 37.9. The van der Waals surface area contributed by atoms with Crippen molar-refractivity contribution in [3.63, 3.8) is 0 Å². The van der Waals surface area contributed by atoms with Crippen LogP contribution in [0.1, 0.15) is 12.8 Å². The Balaban J connectivity index is 1.75. The van der Waals surface area contributed by atoms with Crippen molar-refractivity contribution in [1.29, 1.82) is 0 Å². The first-order chi connectivity index (χ1) is 11.6. The van der Waals surface area contributed by atoms with E-state index in [2.05, 4.69) is 9.97 Å². The molecule has 0 aliphatic carbocycles. The number of piperidine rings is 1. The van der Waals surface area contributed by atoms with Gasteiger partial charge in [-0.2, -0.15) is 4.31 Å². The zero-order chi connectivity index (χ0) is 17.0. The van der Waals surface area contributed by atoms with E-state index >= 15 is 0 Å². The zero-order valence-electron chi connectivity index (χ0n) is 13.3. The van der Waals surface area contributed by atoms with Gasteiger partial charge in [0.05, 0.1) is 18.6 Å². The summed E-state index contributed by atoms with van der Waals surface area (Å²) in [5.41, 5.74) is 0. The Kier molecular flexibility index (Phi) is 4.96. The van der Waals surface area contributed by atoms with Gasteiger partial charge in [-0.05, 0) is 31.0 Å². The maximum Gasteiger partial charge on any atom is 0.316 e. The van der Waals surface area contributed by atoms with Gasteiger partial charge < -0.3 is 9.47 Å². The average molecular weight is 349 g/mol. The van der Waals surface area contributed by atoms with Crippen molar-refractivity contribution in [3.8, 4) is 11.8 Å². The van der Waals surface area contributed by atoms with E-state index in [-0.39, 0.29) is 23.6 Å². The highest BCUT2D eigenvalue weighted by Gasteiger charge is 2.31. The third-order valence-electron chi connectivity index (χ3n) is 3.83. The fraction of sp³-hybridized carbons (Fsp3) is 0.375. The summed E-state index contributed by atoms with van der Waals surface area (Å²) in [6.45, 7) is 0.743. The van der Waals surface area contributed by atoms with E-state index in [1.165, 1.54) is 17.5 Å². The fourth-order valence-electron chi connectivity index (χ4n) is 2.63. The van der Waals surface area contributed by atoms with Crippen LogP contribution in [0.2, 0.25) is 0 Å². The van der Waals surface area contributed by atoms with E-state index in [0.717, 1.165) is 12.8 Å². The number of hydrogen-bond donors (Lipinski definition) is 0. The molecule has 1 saturated heterocycles. The maximum absolute atomic E-state index is 12.8. The van der Waals surface area contributed by atoms with Crippen molar-refractivity contribution in [3.05, 3.63) is 42.7 Å². The predicted molar refractivity (Wildman–Crippen MR) is 87.4 cm³/mol. The standard InChI is InChI=1S/C16H19N3O4S/c1-22-13-5-2-7-15(11-13)24(20,21)19-10-3-6-14(12-19)23-16-17-8-4-9-18-16/h2,4-5,7-9,11,14H,3,6,10,12H2,1H3. The van der Waals surface area contributed by atoms with E-state index in [4.69, 9.17) is 9.47 Å². The third kappa shape index (κ3) is 3.65. The lowest BCUT2D eigenvalue weighted by Gasteiger charge is -2.31. The Bertz CT molecular complexity index is 783. The molecule has 0 bridgehead atoms. The van der Waals surface area contributed by atoms with Crippen LogP contribution in [0.15, 0.2) is 47.6 Å². The summed E-state index contributed by atoms with van der Waals surface area (Å²) in [6, 6.07) is 8.45. The van der Waals surface area contributed by atoms with Gasteiger partial charge in [0.2, 0.25) is 10.0 Å². The first-order valence-corrected chi connectivity index (χ1v) is 9.11. The highest BCUT2D eigenvalue weighted by atomic mass is 32.2. The van der Waals surface area contributed by atoms with Crippen molar-refractivity contribution >= 4 is 10.0 Å². The Morgan fingerprint density at radius 3 is 2.75 bits per heavy atom. The smallest absolute Gasteiger partial charge is 0.316 e.